The molecule has 1 aromatic heterocycles. The lowest BCUT2D eigenvalue weighted by Crippen LogP contribution is -2.36. The van der Waals surface area contributed by atoms with Crippen LogP contribution in [0.5, 0.6) is 0 Å². The van der Waals surface area contributed by atoms with Crippen LogP contribution in [-0.2, 0) is 12.0 Å². The summed E-state index contributed by atoms with van der Waals surface area (Å²) in [6.45, 7) is 10.1. The summed E-state index contributed by atoms with van der Waals surface area (Å²) >= 11 is 0. The van der Waals surface area contributed by atoms with Gasteiger partial charge in [-0.3, -0.25) is 10.00 Å². The number of aromatic amines is 1. The Kier molecular flexibility index (Phi) is 6.97. The zero-order valence-electron chi connectivity index (χ0n) is 15.0. The molecular weight excluding hydrogens is 331 g/mol. The van der Waals surface area contributed by atoms with E-state index in [2.05, 4.69) is 60.9 Å². The summed E-state index contributed by atoms with van der Waals surface area (Å²) in [6.07, 6.45) is 2.89. The summed E-state index contributed by atoms with van der Waals surface area (Å²) in [5, 5.41) is 7.73. The van der Waals surface area contributed by atoms with Crippen LogP contribution in [0.15, 0.2) is 6.07 Å². The molecule has 1 saturated carbocycles. The van der Waals surface area contributed by atoms with Crippen LogP contribution < -0.4 is 0 Å². The largest absolute Gasteiger partial charge is 0.305 e. The lowest BCUT2D eigenvalue weighted by atomic mass is 9.92. The molecule has 0 spiro atoms. The zero-order valence-corrected chi connectivity index (χ0v) is 16.6. The van der Waals surface area contributed by atoms with Gasteiger partial charge in [-0.25, -0.2) is 0 Å². The van der Waals surface area contributed by atoms with Crippen LogP contribution >= 0.6 is 24.8 Å². The Bertz CT molecular complexity index is 481. The predicted molar refractivity (Wildman–Crippen MR) is 101 cm³/mol. The first-order valence-electron chi connectivity index (χ1n) is 8.28. The lowest BCUT2D eigenvalue weighted by molar-refractivity contribution is 0.233. The van der Waals surface area contributed by atoms with Crippen molar-refractivity contribution in [1.29, 1.82) is 0 Å². The van der Waals surface area contributed by atoms with E-state index in [0.717, 1.165) is 24.4 Å². The third-order valence-electron chi connectivity index (χ3n) is 5.09. The Hall–Kier alpha value is -0.290. The summed E-state index contributed by atoms with van der Waals surface area (Å²) in [5.74, 6) is 1.85. The molecule has 2 atom stereocenters. The Morgan fingerprint density at radius 2 is 1.87 bits per heavy atom. The first kappa shape index (κ1) is 20.8. The maximum atomic E-state index is 4.49. The van der Waals surface area contributed by atoms with E-state index in [4.69, 9.17) is 0 Å². The van der Waals surface area contributed by atoms with Crippen molar-refractivity contribution in [2.75, 3.05) is 27.2 Å². The van der Waals surface area contributed by atoms with Crippen molar-refractivity contribution in [3.8, 4) is 0 Å². The molecule has 134 valence electrons. The Morgan fingerprint density at radius 1 is 1.22 bits per heavy atom. The molecule has 0 unspecified atom stereocenters. The van der Waals surface area contributed by atoms with Gasteiger partial charge in [0.25, 0.3) is 0 Å². The van der Waals surface area contributed by atoms with Gasteiger partial charge in [-0.2, -0.15) is 5.10 Å². The van der Waals surface area contributed by atoms with Crippen molar-refractivity contribution in [1.82, 2.24) is 20.0 Å². The van der Waals surface area contributed by atoms with Crippen molar-refractivity contribution in [3.05, 3.63) is 17.5 Å². The van der Waals surface area contributed by atoms with Crippen LogP contribution in [0.2, 0.25) is 0 Å². The SMILES string of the molecule is CN(C)[C@H]1CN(Cc2cc(C(C)(C)C)n[nH]2)C[C@@H]1C1CC1.Cl.Cl. The molecular formula is C17H32Cl2N4. The number of hydrogen-bond acceptors (Lipinski definition) is 3. The summed E-state index contributed by atoms with van der Waals surface area (Å²) in [7, 11) is 4.47. The fraction of sp³-hybridized carbons (Fsp3) is 0.824. The number of rotatable bonds is 4. The number of hydrogen-bond donors (Lipinski definition) is 1. The van der Waals surface area contributed by atoms with Crippen molar-refractivity contribution < 1.29 is 0 Å². The minimum atomic E-state index is 0. The Labute approximate surface area is 153 Å². The van der Waals surface area contributed by atoms with Gasteiger partial charge in [0.1, 0.15) is 0 Å². The van der Waals surface area contributed by atoms with Crippen LogP contribution in [-0.4, -0.2) is 53.2 Å². The first-order chi connectivity index (χ1) is 9.84. The van der Waals surface area contributed by atoms with Crippen LogP contribution in [0.4, 0.5) is 0 Å². The van der Waals surface area contributed by atoms with E-state index < -0.39 is 0 Å². The molecule has 3 rings (SSSR count). The van der Waals surface area contributed by atoms with Gasteiger partial charge >= 0.3 is 0 Å². The molecule has 0 radical (unpaired) electrons. The quantitative estimate of drug-likeness (QED) is 0.891. The maximum absolute atomic E-state index is 4.49. The molecule has 2 heterocycles. The van der Waals surface area contributed by atoms with Gasteiger partial charge in [0.2, 0.25) is 0 Å². The Morgan fingerprint density at radius 3 is 2.35 bits per heavy atom. The highest BCUT2D eigenvalue weighted by Gasteiger charge is 2.43. The minimum Gasteiger partial charge on any atom is -0.305 e. The minimum absolute atomic E-state index is 0. The average Bonchev–Trinajstić information content (AvgIpc) is 2.96. The van der Waals surface area contributed by atoms with Gasteiger partial charge in [-0.1, -0.05) is 20.8 Å². The normalized spacial score (nSPS) is 25.3. The van der Waals surface area contributed by atoms with Crippen LogP contribution in [0, 0.1) is 11.8 Å². The van der Waals surface area contributed by atoms with Gasteiger partial charge in [-0.15, -0.1) is 24.8 Å². The molecule has 1 N–H and O–H groups in total. The summed E-state index contributed by atoms with van der Waals surface area (Å²) in [5.41, 5.74) is 2.55. The van der Waals surface area contributed by atoms with Crippen LogP contribution in [0.3, 0.4) is 0 Å². The first-order valence-corrected chi connectivity index (χ1v) is 8.28. The topological polar surface area (TPSA) is 35.2 Å². The fourth-order valence-corrected chi connectivity index (χ4v) is 3.62. The molecule has 23 heavy (non-hydrogen) atoms. The summed E-state index contributed by atoms with van der Waals surface area (Å²) < 4.78 is 0. The molecule has 2 aliphatic rings. The second kappa shape index (κ2) is 7.73. The van der Waals surface area contributed by atoms with E-state index in [9.17, 15) is 0 Å². The highest BCUT2D eigenvalue weighted by Crippen LogP contribution is 2.42. The molecule has 1 saturated heterocycles. The van der Waals surface area contributed by atoms with Gasteiger partial charge in [-0.05, 0) is 44.8 Å². The standard InChI is InChI=1S/C17H30N4.2ClH/c1-17(2,3)16-8-13(18-19-16)9-21-10-14(12-6-7-12)15(11-21)20(4)5;;/h8,12,14-15H,6-7,9-11H2,1-5H3,(H,18,19);2*1H/t14-,15+;;/m1../s1. The third kappa shape index (κ3) is 4.85. The zero-order chi connectivity index (χ0) is 15.2. The van der Waals surface area contributed by atoms with Crippen LogP contribution in [0.1, 0.15) is 45.0 Å². The molecule has 1 aliphatic heterocycles. The smallest absolute Gasteiger partial charge is 0.0678 e. The number of likely N-dealkylation sites (N-methyl/N-ethyl adjacent to an activating group) is 1. The maximum Gasteiger partial charge on any atom is 0.0678 e. The molecule has 0 aromatic carbocycles. The second-order valence-electron chi connectivity index (χ2n) is 8.25. The fourth-order valence-electron chi connectivity index (χ4n) is 3.62. The van der Waals surface area contributed by atoms with E-state index in [1.54, 1.807) is 0 Å². The number of H-pyrrole nitrogens is 1. The monoisotopic (exact) mass is 362 g/mol. The number of halogens is 2. The van der Waals surface area contributed by atoms with Gasteiger partial charge < -0.3 is 4.90 Å². The number of nitrogens with zero attached hydrogens (tertiary/aromatic N) is 3. The molecule has 2 fully saturated rings. The van der Waals surface area contributed by atoms with Crippen molar-refractivity contribution in [2.24, 2.45) is 11.8 Å². The molecule has 1 aliphatic carbocycles. The predicted octanol–water partition coefficient (Wildman–Crippen LogP) is 3.32. The molecule has 1 aromatic rings. The molecule has 4 nitrogen and oxygen atoms in total. The molecule has 0 amide bonds. The number of aromatic nitrogens is 2. The second-order valence-corrected chi connectivity index (χ2v) is 8.25. The van der Waals surface area contributed by atoms with Crippen molar-refractivity contribution in [3.63, 3.8) is 0 Å². The third-order valence-corrected chi connectivity index (χ3v) is 5.09. The van der Waals surface area contributed by atoms with Crippen LogP contribution in [0.25, 0.3) is 0 Å². The van der Waals surface area contributed by atoms with Gasteiger partial charge in [0.15, 0.2) is 0 Å². The summed E-state index contributed by atoms with van der Waals surface area (Å²) in [6, 6.07) is 2.97. The van der Waals surface area contributed by atoms with Crippen molar-refractivity contribution in [2.45, 2.75) is 51.6 Å². The van der Waals surface area contributed by atoms with E-state index in [-0.39, 0.29) is 30.2 Å². The van der Waals surface area contributed by atoms with Gasteiger partial charge in [0, 0.05) is 36.8 Å². The molecule has 0 bridgehead atoms. The van der Waals surface area contributed by atoms with E-state index in [0.29, 0.717) is 0 Å². The van der Waals surface area contributed by atoms with E-state index in [1.807, 2.05) is 0 Å². The van der Waals surface area contributed by atoms with Crippen molar-refractivity contribution >= 4 is 24.8 Å². The summed E-state index contributed by atoms with van der Waals surface area (Å²) in [4.78, 5) is 5.03. The highest BCUT2D eigenvalue weighted by molar-refractivity contribution is 5.85. The van der Waals surface area contributed by atoms with Gasteiger partial charge in [0.05, 0.1) is 5.69 Å². The Balaban J connectivity index is 0.00000132. The van der Waals surface area contributed by atoms with E-state index >= 15 is 0 Å². The highest BCUT2D eigenvalue weighted by atomic mass is 35.5. The number of likely N-dealkylation sites (tertiary alicyclic amines) is 1. The average molecular weight is 363 g/mol. The molecule has 6 heteroatoms. The van der Waals surface area contributed by atoms with E-state index in [1.165, 1.54) is 37.3 Å². The number of nitrogens with one attached hydrogen (secondary N) is 1. The lowest BCUT2D eigenvalue weighted by Gasteiger charge is -2.24.